The zero-order chi connectivity index (χ0) is 17.1. The van der Waals surface area contributed by atoms with Crippen molar-refractivity contribution in [2.45, 2.75) is 32.7 Å². The van der Waals surface area contributed by atoms with Crippen molar-refractivity contribution in [2.75, 3.05) is 0 Å². The zero-order valence-corrected chi connectivity index (χ0v) is 14.7. The van der Waals surface area contributed by atoms with Crippen LogP contribution in [0.25, 0.3) is 10.9 Å². The number of hydrogen-bond acceptors (Lipinski definition) is 1. The molecular weight excluding hydrogens is 320 g/mol. The Bertz CT molecular complexity index is 852. The van der Waals surface area contributed by atoms with Gasteiger partial charge in [-0.15, -0.1) is 0 Å². The van der Waals surface area contributed by atoms with Gasteiger partial charge in [-0.05, 0) is 43.2 Å². The number of aryl methyl sites for hydroxylation is 1. The molecule has 3 aromatic rings. The fourth-order valence-corrected chi connectivity index (χ4v) is 3.05. The van der Waals surface area contributed by atoms with Crippen molar-refractivity contribution in [1.29, 1.82) is 0 Å². The van der Waals surface area contributed by atoms with E-state index < -0.39 is 0 Å². The number of carbonyl (C=O) groups is 1. The quantitative estimate of drug-likeness (QED) is 0.641. The van der Waals surface area contributed by atoms with Crippen molar-refractivity contribution in [3.63, 3.8) is 0 Å². The van der Waals surface area contributed by atoms with Crippen LogP contribution in [-0.4, -0.2) is 10.9 Å². The molecule has 0 bridgehead atoms. The fourth-order valence-electron chi connectivity index (χ4n) is 2.87. The minimum atomic E-state index is -0.0960. The molecule has 2 aromatic carbocycles. The van der Waals surface area contributed by atoms with Crippen LogP contribution in [0.4, 0.5) is 0 Å². The topological polar surface area (TPSA) is 44.9 Å². The molecule has 0 radical (unpaired) electrons. The lowest BCUT2D eigenvalue weighted by molar-refractivity contribution is 0.0930. The number of aromatic nitrogens is 1. The van der Waals surface area contributed by atoms with Gasteiger partial charge in [-0.1, -0.05) is 54.8 Å². The summed E-state index contributed by atoms with van der Waals surface area (Å²) >= 11 is 6.01. The number of nitrogens with one attached hydrogen (secondary N) is 2. The van der Waals surface area contributed by atoms with E-state index in [-0.39, 0.29) is 11.9 Å². The van der Waals surface area contributed by atoms with Gasteiger partial charge in [0.25, 0.3) is 5.91 Å². The van der Waals surface area contributed by atoms with E-state index in [1.807, 2.05) is 24.3 Å². The average molecular weight is 341 g/mol. The van der Waals surface area contributed by atoms with Crippen molar-refractivity contribution in [3.05, 3.63) is 70.4 Å². The fraction of sp³-hybridized carbons (Fsp3) is 0.250. The second-order valence-electron chi connectivity index (χ2n) is 6.14. The first-order valence-corrected chi connectivity index (χ1v) is 8.60. The number of benzene rings is 2. The van der Waals surface area contributed by atoms with Gasteiger partial charge in [0.2, 0.25) is 0 Å². The Balaban J connectivity index is 1.82. The summed E-state index contributed by atoms with van der Waals surface area (Å²) in [7, 11) is 0. The second-order valence-corrected chi connectivity index (χ2v) is 6.58. The van der Waals surface area contributed by atoms with Crippen LogP contribution in [0.3, 0.4) is 0 Å². The highest BCUT2D eigenvalue weighted by Gasteiger charge is 2.16. The Kier molecular flexibility index (Phi) is 4.91. The van der Waals surface area contributed by atoms with E-state index in [0.717, 1.165) is 29.3 Å². The van der Waals surface area contributed by atoms with E-state index in [9.17, 15) is 4.79 Å². The van der Waals surface area contributed by atoms with Crippen LogP contribution in [-0.2, 0) is 0 Å². The standard InChI is InChI=1S/C20H21ClN2O/c1-3-4-17(14-7-5-13(2)6-8-14)23-20(24)19-12-15-11-16(21)9-10-18(15)22-19/h5-12,17,22H,3-4H2,1-2H3,(H,23,24). The lowest BCUT2D eigenvalue weighted by atomic mass is 10.0. The van der Waals surface area contributed by atoms with E-state index in [0.29, 0.717) is 10.7 Å². The maximum atomic E-state index is 12.6. The monoisotopic (exact) mass is 340 g/mol. The Morgan fingerprint density at radius 2 is 1.92 bits per heavy atom. The average Bonchev–Trinajstić information content (AvgIpc) is 2.98. The highest BCUT2D eigenvalue weighted by atomic mass is 35.5. The maximum absolute atomic E-state index is 12.6. The van der Waals surface area contributed by atoms with E-state index in [4.69, 9.17) is 11.6 Å². The van der Waals surface area contributed by atoms with Gasteiger partial charge >= 0.3 is 0 Å². The van der Waals surface area contributed by atoms with E-state index in [1.165, 1.54) is 5.56 Å². The smallest absolute Gasteiger partial charge is 0.268 e. The number of H-pyrrole nitrogens is 1. The third kappa shape index (κ3) is 3.62. The number of rotatable bonds is 5. The molecule has 4 heteroatoms. The van der Waals surface area contributed by atoms with Crippen LogP contribution in [0.5, 0.6) is 0 Å². The summed E-state index contributed by atoms with van der Waals surface area (Å²) in [6.45, 7) is 4.19. The highest BCUT2D eigenvalue weighted by Crippen LogP contribution is 2.22. The van der Waals surface area contributed by atoms with Gasteiger partial charge in [0.15, 0.2) is 0 Å². The van der Waals surface area contributed by atoms with Crippen LogP contribution in [0.15, 0.2) is 48.5 Å². The maximum Gasteiger partial charge on any atom is 0.268 e. The third-order valence-electron chi connectivity index (χ3n) is 4.19. The molecule has 3 rings (SSSR count). The van der Waals surface area contributed by atoms with Gasteiger partial charge in [-0.3, -0.25) is 4.79 Å². The Morgan fingerprint density at radius 3 is 2.62 bits per heavy atom. The Morgan fingerprint density at radius 1 is 1.17 bits per heavy atom. The summed E-state index contributed by atoms with van der Waals surface area (Å²) < 4.78 is 0. The van der Waals surface area contributed by atoms with Gasteiger partial charge in [0.05, 0.1) is 6.04 Å². The zero-order valence-electron chi connectivity index (χ0n) is 13.9. The van der Waals surface area contributed by atoms with Crippen molar-refractivity contribution < 1.29 is 4.79 Å². The predicted octanol–water partition coefficient (Wildman–Crippen LogP) is 5.40. The number of carbonyl (C=O) groups excluding carboxylic acids is 1. The summed E-state index contributed by atoms with van der Waals surface area (Å²) in [6, 6.07) is 15.7. The van der Waals surface area contributed by atoms with Crippen LogP contribution in [0, 0.1) is 6.92 Å². The Labute approximate surface area is 147 Å². The summed E-state index contributed by atoms with van der Waals surface area (Å²) in [4.78, 5) is 15.8. The second kappa shape index (κ2) is 7.10. The van der Waals surface area contributed by atoms with Crippen molar-refractivity contribution in [1.82, 2.24) is 10.3 Å². The first kappa shape index (κ1) is 16.6. The highest BCUT2D eigenvalue weighted by molar-refractivity contribution is 6.31. The first-order chi connectivity index (χ1) is 11.6. The molecule has 1 heterocycles. The van der Waals surface area contributed by atoms with Gasteiger partial charge < -0.3 is 10.3 Å². The molecule has 0 fully saturated rings. The summed E-state index contributed by atoms with van der Waals surface area (Å²) in [5.74, 6) is -0.0960. The molecule has 1 unspecified atom stereocenters. The molecule has 2 N–H and O–H groups in total. The molecule has 1 amide bonds. The SMILES string of the molecule is CCCC(NC(=O)c1cc2cc(Cl)ccc2[nH]1)c1ccc(C)cc1. The van der Waals surface area contributed by atoms with Crippen molar-refractivity contribution in [2.24, 2.45) is 0 Å². The summed E-state index contributed by atoms with van der Waals surface area (Å²) in [6.07, 6.45) is 1.90. The molecule has 24 heavy (non-hydrogen) atoms. The van der Waals surface area contributed by atoms with Crippen LogP contribution >= 0.6 is 11.6 Å². The van der Waals surface area contributed by atoms with Crippen LogP contribution in [0.2, 0.25) is 5.02 Å². The number of aromatic amines is 1. The molecule has 124 valence electrons. The molecule has 0 saturated carbocycles. The molecule has 0 aliphatic heterocycles. The van der Waals surface area contributed by atoms with Crippen molar-refractivity contribution in [3.8, 4) is 0 Å². The van der Waals surface area contributed by atoms with E-state index in [2.05, 4.69) is 48.4 Å². The van der Waals surface area contributed by atoms with Gasteiger partial charge in [-0.2, -0.15) is 0 Å². The molecule has 0 aliphatic rings. The van der Waals surface area contributed by atoms with E-state index >= 15 is 0 Å². The molecule has 0 saturated heterocycles. The lowest BCUT2D eigenvalue weighted by Crippen LogP contribution is -2.28. The lowest BCUT2D eigenvalue weighted by Gasteiger charge is -2.18. The minimum Gasteiger partial charge on any atom is -0.351 e. The molecule has 0 spiro atoms. The Hall–Kier alpha value is -2.26. The van der Waals surface area contributed by atoms with Crippen LogP contribution < -0.4 is 5.32 Å². The number of fused-ring (bicyclic) bond motifs is 1. The molecular formula is C20H21ClN2O. The van der Waals surface area contributed by atoms with Crippen molar-refractivity contribution >= 4 is 28.4 Å². The number of halogens is 1. The normalized spacial score (nSPS) is 12.3. The molecule has 1 atom stereocenters. The molecule has 1 aromatic heterocycles. The van der Waals surface area contributed by atoms with E-state index in [1.54, 1.807) is 0 Å². The minimum absolute atomic E-state index is 0.0121. The number of amides is 1. The van der Waals surface area contributed by atoms with Crippen LogP contribution in [0.1, 0.15) is 47.4 Å². The molecule has 3 nitrogen and oxygen atoms in total. The van der Waals surface area contributed by atoms with Gasteiger partial charge in [0.1, 0.15) is 5.69 Å². The first-order valence-electron chi connectivity index (χ1n) is 8.22. The largest absolute Gasteiger partial charge is 0.351 e. The summed E-state index contributed by atoms with van der Waals surface area (Å²) in [5.41, 5.74) is 3.81. The third-order valence-corrected chi connectivity index (χ3v) is 4.42. The predicted molar refractivity (Wildman–Crippen MR) is 99.6 cm³/mol. The van der Waals surface area contributed by atoms with Gasteiger partial charge in [0, 0.05) is 15.9 Å². The molecule has 0 aliphatic carbocycles. The summed E-state index contributed by atoms with van der Waals surface area (Å²) in [5, 5.41) is 4.75. The van der Waals surface area contributed by atoms with Gasteiger partial charge in [-0.25, -0.2) is 0 Å². The number of hydrogen-bond donors (Lipinski definition) is 2.